The van der Waals surface area contributed by atoms with Gasteiger partial charge < -0.3 is 15.8 Å². The topological polar surface area (TPSA) is 77.2 Å². The Kier molecular flexibility index (Phi) is 4.77. The SMILES string of the molecule is CCc1ccc(OCC(=O)Nc2ccc(N)c(C)n2)cc1. The van der Waals surface area contributed by atoms with Crippen molar-refractivity contribution in [2.24, 2.45) is 0 Å². The Bertz CT molecular complexity index is 624. The van der Waals surface area contributed by atoms with Crippen LogP contribution in [0.15, 0.2) is 36.4 Å². The monoisotopic (exact) mass is 285 g/mol. The number of hydrogen-bond acceptors (Lipinski definition) is 4. The van der Waals surface area contributed by atoms with E-state index in [1.807, 2.05) is 24.3 Å². The lowest BCUT2D eigenvalue weighted by Crippen LogP contribution is -2.21. The van der Waals surface area contributed by atoms with Gasteiger partial charge in [-0.25, -0.2) is 4.98 Å². The van der Waals surface area contributed by atoms with Crippen molar-refractivity contribution in [2.75, 3.05) is 17.7 Å². The van der Waals surface area contributed by atoms with E-state index in [-0.39, 0.29) is 12.5 Å². The van der Waals surface area contributed by atoms with E-state index >= 15 is 0 Å². The number of carbonyl (C=O) groups excluding carboxylic acids is 1. The van der Waals surface area contributed by atoms with E-state index in [0.717, 1.165) is 6.42 Å². The summed E-state index contributed by atoms with van der Waals surface area (Å²) in [4.78, 5) is 16.0. The van der Waals surface area contributed by atoms with Crippen molar-refractivity contribution in [2.45, 2.75) is 20.3 Å². The van der Waals surface area contributed by atoms with Gasteiger partial charge in [0.15, 0.2) is 6.61 Å². The second-order valence-corrected chi connectivity index (χ2v) is 4.71. The summed E-state index contributed by atoms with van der Waals surface area (Å²) in [6.07, 6.45) is 0.975. The minimum Gasteiger partial charge on any atom is -0.484 e. The fraction of sp³-hybridized carbons (Fsp3) is 0.250. The summed E-state index contributed by atoms with van der Waals surface area (Å²) >= 11 is 0. The third-order valence-electron chi connectivity index (χ3n) is 3.10. The summed E-state index contributed by atoms with van der Waals surface area (Å²) in [6, 6.07) is 11.1. The molecule has 0 bridgehead atoms. The van der Waals surface area contributed by atoms with Gasteiger partial charge >= 0.3 is 0 Å². The highest BCUT2D eigenvalue weighted by atomic mass is 16.5. The fourth-order valence-electron chi connectivity index (χ4n) is 1.79. The van der Waals surface area contributed by atoms with E-state index in [1.54, 1.807) is 19.1 Å². The van der Waals surface area contributed by atoms with Gasteiger partial charge in [-0.05, 0) is 43.2 Å². The minimum atomic E-state index is -0.258. The summed E-state index contributed by atoms with van der Waals surface area (Å²) < 4.78 is 5.43. The quantitative estimate of drug-likeness (QED) is 0.885. The standard InChI is InChI=1S/C16H19N3O2/c1-3-12-4-6-13(7-5-12)21-10-16(20)19-15-9-8-14(17)11(2)18-15/h4-9H,3,10,17H2,1-2H3,(H,18,19,20). The van der Waals surface area contributed by atoms with E-state index < -0.39 is 0 Å². The third kappa shape index (κ3) is 4.21. The molecule has 0 radical (unpaired) electrons. The largest absolute Gasteiger partial charge is 0.484 e. The minimum absolute atomic E-state index is 0.0590. The molecule has 0 aliphatic rings. The highest BCUT2D eigenvalue weighted by molar-refractivity contribution is 5.91. The molecular weight excluding hydrogens is 266 g/mol. The molecule has 1 amide bonds. The number of anilines is 2. The van der Waals surface area contributed by atoms with Crippen LogP contribution < -0.4 is 15.8 Å². The highest BCUT2D eigenvalue weighted by Crippen LogP contribution is 2.13. The van der Waals surface area contributed by atoms with Crippen LogP contribution in [0.4, 0.5) is 11.5 Å². The van der Waals surface area contributed by atoms with Gasteiger partial charge in [-0.15, -0.1) is 0 Å². The first-order valence-electron chi connectivity index (χ1n) is 6.83. The number of ether oxygens (including phenoxy) is 1. The van der Waals surface area contributed by atoms with Crippen molar-refractivity contribution in [3.8, 4) is 5.75 Å². The van der Waals surface area contributed by atoms with Crippen molar-refractivity contribution in [3.63, 3.8) is 0 Å². The Morgan fingerprint density at radius 2 is 1.95 bits per heavy atom. The van der Waals surface area contributed by atoms with E-state index in [0.29, 0.717) is 22.9 Å². The molecule has 1 heterocycles. The maximum atomic E-state index is 11.8. The molecule has 0 unspecified atom stereocenters. The first-order chi connectivity index (χ1) is 10.1. The Hall–Kier alpha value is -2.56. The van der Waals surface area contributed by atoms with Crippen LogP contribution in [0.1, 0.15) is 18.2 Å². The number of aromatic nitrogens is 1. The van der Waals surface area contributed by atoms with Crippen molar-refractivity contribution in [3.05, 3.63) is 47.7 Å². The molecule has 5 heteroatoms. The number of pyridine rings is 1. The van der Waals surface area contributed by atoms with Crippen molar-refractivity contribution in [1.29, 1.82) is 0 Å². The predicted molar refractivity (Wildman–Crippen MR) is 83.3 cm³/mol. The number of carbonyl (C=O) groups is 1. The summed E-state index contributed by atoms with van der Waals surface area (Å²) in [5.74, 6) is 0.881. The molecule has 110 valence electrons. The lowest BCUT2D eigenvalue weighted by molar-refractivity contribution is -0.118. The summed E-state index contributed by atoms with van der Waals surface area (Å²) in [5.41, 5.74) is 8.19. The predicted octanol–water partition coefficient (Wildman–Crippen LogP) is 2.55. The average Bonchev–Trinajstić information content (AvgIpc) is 2.49. The summed E-state index contributed by atoms with van der Waals surface area (Å²) in [5, 5.41) is 2.67. The van der Waals surface area contributed by atoms with Crippen LogP contribution in [-0.4, -0.2) is 17.5 Å². The zero-order valence-electron chi connectivity index (χ0n) is 12.2. The first kappa shape index (κ1) is 14.8. The Morgan fingerprint density at radius 1 is 1.24 bits per heavy atom. The van der Waals surface area contributed by atoms with E-state index in [4.69, 9.17) is 10.5 Å². The maximum Gasteiger partial charge on any atom is 0.263 e. The molecule has 0 atom stereocenters. The lowest BCUT2D eigenvalue weighted by atomic mass is 10.2. The molecule has 0 fully saturated rings. The number of rotatable bonds is 5. The maximum absolute atomic E-state index is 11.8. The van der Waals surface area contributed by atoms with Gasteiger partial charge in [0.25, 0.3) is 5.91 Å². The van der Waals surface area contributed by atoms with Gasteiger partial charge in [0.05, 0.1) is 11.4 Å². The first-order valence-corrected chi connectivity index (χ1v) is 6.83. The van der Waals surface area contributed by atoms with Crippen LogP contribution in [-0.2, 0) is 11.2 Å². The molecular formula is C16H19N3O2. The molecule has 1 aromatic heterocycles. The van der Waals surface area contributed by atoms with Crippen molar-refractivity contribution < 1.29 is 9.53 Å². The van der Waals surface area contributed by atoms with Crippen molar-refractivity contribution in [1.82, 2.24) is 4.98 Å². The van der Waals surface area contributed by atoms with Crippen LogP contribution in [0.5, 0.6) is 5.75 Å². The molecule has 2 rings (SSSR count). The van der Waals surface area contributed by atoms with Crippen LogP contribution in [0, 0.1) is 6.92 Å². The number of nitrogen functional groups attached to an aromatic ring is 1. The molecule has 21 heavy (non-hydrogen) atoms. The van der Waals surface area contributed by atoms with E-state index in [2.05, 4.69) is 17.2 Å². The molecule has 5 nitrogen and oxygen atoms in total. The Morgan fingerprint density at radius 3 is 2.57 bits per heavy atom. The highest BCUT2D eigenvalue weighted by Gasteiger charge is 2.06. The molecule has 0 saturated carbocycles. The third-order valence-corrected chi connectivity index (χ3v) is 3.10. The van der Waals surface area contributed by atoms with Crippen molar-refractivity contribution >= 4 is 17.4 Å². The van der Waals surface area contributed by atoms with Crippen LogP contribution in [0.3, 0.4) is 0 Å². The van der Waals surface area contributed by atoms with Gasteiger partial charge in [0, 0.05) is 0 Å². The number of benzene rings is 1. The van der Waals surface area contributed by atoms with Crippen LogP contribution in [0.2, 0.25) is 0 Å². The van der Waals surface area contributed by atoms with Gasteiger partial charge in [0.1, 0.15) is 11.6 Å². The Balaban J connectivity index is 1.87. The van der Waals surface area contributed by atoms with Gasteiger partial charge in [-0.2, -0.15) is 0 Å². The Labute approximate surface area is 124 Å². The zero-order chi connectivity index (χ0) is 15.2. The second kappa shape index (κ2) is 6.74. The van der Waals surface area contributed by atoms with E-state index in [9.17, 15) is 4.79 Å². The van der Waals surface area contributed by atoms with Crippen LogP contribution in [0.25, 0.3) is 0 Å². The average molecular weight is 285 g/mol. The second-order valence-electron chi connectivity index (χ2n) is 4.71. The molecule has 0 aliphatic carbocycles. The van der Waals surface area contributed by atoms with Gasteiger partial charge in [0.2, 0.25) is 0 Å². The van der Waals surface area contributed by atoms with Gasteiger partial charge in [-0.3, -0.25) is 4.79 Å². The lowest BCUT2D eigenvalue weighted by Gasteiger charge is -2.08. The van der Waals surface area contributed by atoms with Crippen LogP contribution >= 0.6 is 0 Å². The number of nitrogens with zero attached hydrogens (tertiary/aromatic N) is 1. The number of hydrogen-bond donors (Lipinski definition) is 2. The number of nitrogens with one attached hydrogen (secondary N) is 1. The number of nitrogens with two attached hydrogens (primary N) is 1. The smallest absolute Gasteiger partial charge is 0.263 e. The molecule has 0 saturated heterocycles. The molecule has 3 N–H and O–H groups in total. The molecule has 0 aliphatic heterocycles. The molecule has 2 aromatic rings. The molecule has 1 aromatic carbocycles. The summed E-state index contributed by atoms with van der Waals surface area (Å²) in [6.45, 7) is 3.82. The van der Waals surface area contributed by atoms with E-state index in [1.165, 1.54) is 5.56 Å². The number of amides is 1. The zero-order valence-corrected chi connectivity index (χ0v) is 12.2. The number of aryl methyl sites for hydroxylation is 2. The fourth-order valence-corrected chi connectivity index (χ4v) is 1.79. The summed E-state index contributed by atoms with van der Waals surface area (Å²) in [7, 11) is 0. The molecule has 0 spiro atoms. The normalized spacial score (nSPS) is 10.2. The van der Waals surface area contributed by atoms with Gasteiger partial charge in [-0.1, -0.05) is 19.1 Å².